The fraction of sp³-hybridized carbons (Fsp3) is 0.340. The number of amides is 4. The van der Waals surface area contributed by atoms with E-state index in [-0.39, 0.29) is 36.2 Å². The van der Waals surface area contributed by atoms with Crippen LogP contribution in [0.5, 0.6) is 0 Å². The van der Waals surface area contributed by atoms with Crippen molar-refractivity contribution >= 4 is 24.0 Å². The molecule has 16 heteroatoms. The van der Waals surface area contributed by atoms with Crippen molar-refractivity contribution in [1.29, 1.82) is 0 Å². The van der Waals surface area contributed by atoms with Crippen LogP contribution in [0.4, 0.5) is 9.59 Å². The van der Waals surface area contributed by atoms with Crippen molar-refractivity contribution in [2.75, 3.05) is 20.2 Å². The third-order valence-corrected chi connectivity index (χ3v) is 11.8. The van der Waals surface area contributed by atoms with Crippen LogP contribution in [0.1, 0.15) is 74.5 Å². The maximum atomic E-state index is 14.1. The van der Waals surface area contributed by atoms with Gasteiger partial charge in [-0.2, -0.15) is 0 Å². The van der Waals surface area contributed by atoms with Gasteiger partial charge < -0.3 is 44.9 Å². The quantitative estimate of drug-likeness (QED) is 0.0909. The van der Waals surface area contributed by atoms with E-state index in [1.807, 2.05) is 79.2 Å². The van der Waals surface area contributed by atoms with Crippen LogP contribution in [0.25, 0.3) is 33.6 Å². The number of benzene rings is 3. The monoisotopic (exact) mass is 852 g/mol. The van der Waals surface area contributed by atoms with Crippen LogP contribution in [-0.2, 0) is 32.0 Å². The topological polar surface area (TPSA) is 206 Å². The number of ether oxygens (including phenoxy) is 2. The van der Waals surface area contributed by atoms with Crippen LogP contribution >= 0.6 is 0 Å². The Kier molecular flexibility index (Phi) is 12.7. The second-order valence-electron chi connectivity index (χ2n) is 16.4. The number of hydrogen-bond acceptors (Lipinski definition) is 9. The first-order valence-corrected chi connectivity index (χ1v) is 21.3. The highest BCUT2D eigenvalue weighted by molar-refractivity contribution is 5.86. The number of nitrogens with one attached hydrogen (secondary N) is 3. The third-order valence-electron chi connectivity index (χ3n) is 11.8. The van der Waals surface area contributed by atoms with Crippen LogP contribution in [0, 0.1) is 5.92 Å². The Labute approximate surface area is 365 Å². The maximum Gasteiger partial charge on any atom is 0.407 e. The van der Waals surface area contributed by atoms with Crippen LogP contribution in [0.2, 0.25) is 0 Å². The van der Waals surface area contributed by atoms with Gasteiger partial charge >= 0.3 is 12.2 Å². The number of methoxy groups -OCH3 is 1. The largest absolute Gasteiger partial charge is 0.453 e. The predicted octanol–water partition coefficient (Wildman–Crippen LogP) is 6.79. The molecule has 2 saturated heterocycles. The van der Waals surface area contributed by atoms with E-state index in [0.717, 1.165) is 64.9 Å². The molecule has 0 aliphatic carbocycles. The lowest BCUT2D eigenvalue weighted by Crippen LogP contribution is -2.49. The highest BCUT2D eigenvalue weighted by Gasteiger charge is 2.39. The molecule has 4 atom stereocenters. The van der Waals surface area contributed by atoms with Gasteiger partial charge in [0.2, 0.25) is 5.91 Å². The van der Waals surface area contributed by atoms with Gasteiger partial charge in [0.15, 0.2) is 6.10 Å². The van der Waals surface area contributed by atoms with Gasteiger partial charge in [0, 0.05) is 32.3 Å². The lowest BCUT2D eigenvalue weighted by Gasteiger charge is -2.29. The number of rotatable bonds is 14. The van der Waals surface area contributed by atoms with E-state index in [9.17, 15) is 19.2 Å². The second-order valence-corrected chi connectivity index (χ2v) is 16.4. The lowest BCUT2D eigenvalue weighted by atomic mass is 10.0. The minimum atomic E-state index is -0.967. The van der Waals surface area contributed by atoms with Crippen molar-refractivity contribution in [3.8, 4) is 33.6 Å². The molecule has 8 rings (SSSR count). The molecule has 3 aromatic heterocycles. The number of primary amides is 1. The zero-order chi connectivity index (χ0) is 44.0. The first-order chi connectivity index (χ1) is 30.5. The Morgan fingerprint density at radius 1 is 0.762 bits per heavy atom. The normalized spacial score (nSPS) is 17.1. The van der Waals surface area contributed by atoms with E-state index >= 15 is 0 Å². The van der Waals surface area contributed by atoms with Gasteiger partial charge in [-0.05, 0) is 59.4 Å². The van der Waals surface area contributed by atoms with Crippen LogP contribution in [0.15, 0.2) is 104 Å². The summed E-state index contributed by atoms with van der Waals surface area (Å²) in [5.41, 5.74) is 12.7. The molecule has 4 amide bonds. The number of aromatic amines is 2. The van der Waals surface area contributed by atoms with Crippen molar-refractivity contribution in [2.24, 2.45) is 11.7 Å². The number of alkyl carbamates (subject to hydrolysis) is 1. The summed E-state index contributed by atoms with van der Waals surface area (Å²) in [5.74, 6) is 0.659. The number of hydrogen-bond donors (Lipinski definition) is 4. The first kappa shape index (κ1) is 42.5. The molecule has 5 heterocycles. The van der Waals surface area contributed by atoms with E-state index in [1.54, 1.807) is 28.5 Å². The molecule has 63 heavy (non-hydrogen) atoms. The summed E-state index contributed by atoms with van der Waals surface area (Å²) in [5, 5.41) is 2.75. The van der Waals surface area contributed by atoms with E-state index in [4.69, 9.17) is 20.2 Å². The number of imidazole rings is 3. The molecule has 2 fully saturated rings. The Morgan fingerprint density at radius 2 is 1.30 bits per heavy atom. The van der Waals surface area contributed by atoms with E-state index < -0.39 is 24.3 Å². The summed E-state index contributed by atoms with van der Waals surface area (Å²) < 4.78 is 12.0. The summed E-state index contributed by atoms with van der Waals surface area (Å²) in [6.07, 6.45) is 7.90. The smallest absolute Gasteiger partial charge is 0.407 e. The molecule has 0 bridgehead atoms. The van der Waals surface area contributed by atoms with Crippen LogP contribution in [-0.4, -0.2) is 95.6 Å². The standard InChI is InChI=1S/C47H52N10O6/c1-29(2)41(63-46(48)60)45(59)57-22-8-12-40(57)43-50-25-38(53-43)34-19-15-32(16-20-34)31-13-17-33(18-14-31)37-24-49-42(52-37)39-11-7-21-56(39)44(58)36(54-47(61)62-3)23-35-27-55(28-51-35)26-30-9-5-4-6-10-30/h4-6,9-10,13-20,24-25,27-29,36,39-41H,7-8,11-12,21-23,26H2,1-3H3,(H2,48,60)(H,49,52)(H,50,53)(H,54,61)/t36-,39-,40-,41-/m0/s1. The van der Waals surface area contributed by atoms with Crippen LogP contribution < -0.4 is 11.1 Å². The highest BCUT2D eigenvalue weighted by atomic mass is 16.6. The number of carbonyl (C=O) groups is 4. The molecule has 16 nitrogen and oxygen atoms in total. The summed E-state index contributed by atoms with van der Waals surface area (Å²) in [6.45, 7) is 5.36. The molecular formula is C47H52N10O6. The molecular weight excluding hydrogens is 801 g/mol. The average Bonchev–Trinajstić information content (AvgIpc) is 4.15. The molecule has 3 aromatic carbocycles. The molecule has 0 saturated carbocycles. The van der Waals surface area contributed by atoms with Crippen molar-refractivity contribution in [3.05, 3.63) is 127 Å². The van der Waals surface area contributed by atoms with Gasteiger partial charge in [0.05, 0.1) is 55.0 Å². The molecule has 2 aliphatic heterocycles. The predicted molar refractivity (Wildman–Crippen MR) is 235 cm³/mol. The van der Waals surface area contributed by atoms with Gasteiger partial charge in [0.25, 0.3) is 5.91 Å². The van der Waals surface area contributed by atoms with Crippen molar-refractivity contribution in [2.45, 2.75) is 76.7 Å². The summed E-state index contributed by atoms with van der Waals surface area (Å²) >= 11 is 0. The first-order valence-electron chi connectivity index (χ1n) is 21.3. The minimum Gasteiger partial charge on any atom is -0.453 e. The van der Waals surface area contributed by atoms with Crippen LogP contribution in [0.3, 0.4) is 0 Å². The number of nitrogens with zero attached hydrogens (tertiary/aromatic N) is 6. The minimum absolute atomic E-state index is 0.210. The lowest BCUT2D eigenvalue weighted by molar-refractivity contribution is -0.143. The van der Waals surface area contributed by atoms with E-state index in [2.05, 4.69) is 49.5 Å². The summed E-state index contributed by atoms with van der Waals surface area (Å²) in [4.78, 5) is 75.8. The van der Waals surface area contributed by atoms with Gasteiger partial charge in [-0.15, -0.1) is 0 Å². The Bertz CT molecular complexity index is 2530. The highest BCUT2D eigenvalue weighted by Crippen LogP contribution is 2.35. The molecule has 0 radical (unpaired) electrons. The van der Waals surface area contributed by atoms with E-state index in [0.29, 0.717) is 37.0 Å². The molecule has 5 N–H and O–H groups in total. The molecule has 2 aliphatic rings. The number of likely N-dealkylation sites (tertiary alicyclic amines) is 2. The third kappa shape index (κ3) is 9.64. The Morgan fingerprint density at radius 3 is 1.83 bits per heavy atom. The van der Waals surface area contributed by atoms with Crippen molar-refractivity contribution in [1.82, 2.24) is 44.6 Å². The van der Waals surface area contributed by atoms with Gasteiger partial charge in [-0.25, -0.2) is 24.5 Å². The molecule has 6 aromatic rings. The second kappa shape index (κ2) is 18.8. The average molecular weight is 853 g/mol. The summed E-state index contributed by atoms with van der Waals surface area (Å²) in [7, 11) is 1.28. The number of aromatic nitrogens is 6. The maximum absolute atomic E-state index is 14.1. The van der Waals surface area contributed by atoms with Gasteiger partial charge in [0.1, 0.15) is 17.7 Å². The molecule has 0 unspecified atom stereocenters. The molecule has 0 spiro atoms. The Balaban J connectivity index is 0.908. The Hall–Kier alpha value is -7.23. The number of nitrogens with two attached hydrogens (primary N) is 1. The van der Waals surface area contributed by atoms with Gasteiger partial charge in [-0.3, -0.25) is 9.59 Å². The number of H-pyrrole nitrogens is 2. The van der Waals surface area contributed by atoms with Crippen molar-refractivity contribution < 1.29 is 28.7 Å². The van der Waals surface area contributed by atoms with Crippen molar-refractivity contribution in [3.63, 3.8) is 0 Å². The fourth-order valence-corrected chi connectivity index (χ4v) is 8.58. The van der Waals surface area contributed by atoms with E-state index in [1.165, 1.54) is 7.11 Å². The molecule has 326 valence electrons. The SMILES string of the molecule is COC(=O)N[C@@H](Cc1cn(Cc2ccccc2)cn1)C(=O)N1CCC[C@H]1c1ncc(-c2ccc(-c3ccc(-c4cnc([C@@H]5CCCN5C(=O)[C@@H](OC(N)=O)C(C)C)[nH]4)cc3)cc2)[nH]1. The zero-order valence-electron chi connectivity index (χ0n) is 35.6. The fourth-order valence-electron chi connectivity index (χ4n) is 8.58. The zero-order valence-corrected chi connectivity index (χ0v) is 35.6. The number of carbonyl (C=O) groups excluding carboxylic acids is 4. The van der Waals surface area contributed by atoms with Gasteiger partial charge in [-0.1, -0.05) is 92.7 Å². The summed E-state index contributed by atoms with van der Waals surface area (Å²) in [6, 6.07) is 25.0.